The number of alkyl halides is 3. The molecule has 2 rings (SSSR count). The molecule has 7 nitrogen and oxygen atoms in total. The Kier molecular flexibility index (Phi) is 7.18. The van der Waals surface area contributed by atoms with Gasteiger partial charge in [-0.1, -0.05) is 12.1 Å². The number of hydrogen-bond donors (Lipinski definition) is 2. The van der Waals surface area contributed by atoms with Gasteiger partial charge in [0.15, 0.2) is 0 Å². The smallest absolute Gasteiger partial charge is 0.416 e. The monoisotopic (exact) mass is 422 g/mol. The lowest BCUT2D eigenvalue weighted by atomic mass is 10.1. The number of esters is 2. The second-order valence-electron chi connectivity index (χ2n) is 5.77. The maximum Gasteiger partial charge on any atom is 0.416 e. The molecule has 0 radical (unpaired) electrons. The zero-order valence-corrected chi connectivity index (χ0v) is 15.9. The number of halogens is 3. The number of ether oxygens (including phenoxy) is 2. The topological polar surface area (TPSA) is 93.7 Å². The average Bonchev–Trinajstić information content (AvgIpc) is 2.73. The van der Waals surface area contributed by atoms with Crippen molar-refractivity contribution in [3.63, 3.8) is 0 Å². The van der Waals surface area contributed by atoms with Crippen molar-refractivity contribution in [1.82, 2.24) is 0 Å². The van der Waals surface area contributed by atoms with E-state index in [2.05, 4.69) is 20.1 Å². The van der Waals surface area contributed by atoms with Crippen LogP contribution < -0.4 is 10.6 Å². The van der Waals surface area contributed by atoms with Gasteiger partial charge in [-0.3, -0.25) is 4.79 Å². The number of carbonyl (C=O) groups excluding carboxylic acids is 3. The molecule has 30 heavy (non-hydrogen) atoms. The van der Waals surface area contributed by atoms with Crippen LogP contribution in [0.1, 0.15) is 15.9 Å². The van der Waals surface area contributed by atoms with Crippen LogP contribution in [0.2, 0.25) is 0 Å². The number of amides is 1. The molecule has 0 heterocycles. The summed E-state index contributed by atoms with van der Waals surface area (Å²) in [5.41, 5.74) is -0.686. The lowest BCUT2D eigenvalue weighted by molar-refractivity contribution is -0.138. The largest absolute Gasteiger partial charge is 0.466 e. The van der Waals surface area contributed by atoms with Crippen LogP contribution in [0.5, 0.6) is 0 Å². The van der Waals surface area contributed by atoms with Crippen LogP contribution in [-0.4, -0.2) is 32.1 Å². The van der Waals surface area contributed by atoms with E-state index in [-0.39, 0.29) is 22.6 Å². The second kappa shape index (κ2) is 9.59. The van der Waals surface area contributed by atoms with Crippen LogP contribution in [0.3, 0.4) is 0 Å². The molecule has 2 N–H and O–H groups in total. The summed E-state index contributed by atoms with van der Waals surface area (Å²) in [6.07, 6.45) is -3.64. The van der Waals surface area contributed by atoms with Crippen molar-refractivity contribution >= 4 is 29.2 Å². The van der Waals surface area contributed by atoms with Gasteiger partial charge < -0.3 is 20.1 Å². The van der Waals surface area contributed by atoms with Crippen molar-refractivity contribution in [2.45, 2.75) is 6.18 Å². The van der Waals surface area contributed by atoms with E-state index in [1.807, 2.05) is 0 Å². The molecular weight excluding hydrogens is 405 g/mol. The van der Waals surface area contributed by atoms with Gasteiger partial charge >= 0.3 is 18.1 Å². The van der Waals surface area contributed by atoms with Crippen LogP contribution in [0, 0.1) is 0 Å². The molecule has 0 aromatic heterocycles. The van der Waals surface area contributed by atoms with Gasteiger partial charge in [0.2, 0.25) is 0 Å². The lowest BCUT2D eigenvalue weighted by Gasteiger charge is -2.14. The number of rotatable bonds is 6. The fourth-order valence-corrected chi connectivity index (χ4v) is 2.28. The Morgan fingerprint density at radius 3 is 1.93 bits per heavy atom. The van der Waals surface area contributed by atoms with Crippen LogP contribution in [0.4, 0.5) is 24.5 Å². The van der Waals surface area contributed by atoms with E-state index in [1.54, 1.807) is 12.1 Å². The van der Waals surface area contributed by atoms with Crippen molar-refractivity contribution in [2.75, 3.05) is 24.9 Å². The molecule has 0 spiro atoms. The summed E-state index contributed by atoms with van der Waals surface area (Å²) < 4.78 is 47.1. The molecule has 2 aromatic carbocycles. The van der Waals surface area contributed by atoms with E-state index in [9.17, 15) is 27.6 Å². The number of benzene rings is 2. The first-order chi connectivity index (χ1) is 14.2. The molecule has 0 aliphatic heterocycles. The predicted octanol–water partition coefficient (Wildman–Crippen LogP) is 3.60. The molecule has 0 bridgehead atoms. The quantitative estimate of drug-likeness (QED) is 0.546. The Morgan fingerprint density at radius 1 is 0.867 bits per heavy atom. The molecule has 0 unspecified atom stereocenters. The number of carbonyl (C=O) groups is 3. The van der Waals surface area contributed by atoms with Gasteiger partial charge in [-0.2, -0.15) is 13.2 Å². The van der Waals surface area contributed by atoms with Gasteiger partial charge in [0, 0.05) is 5.56 Å². The Bertz CT molecular complexity index is 969. The van der Waals surface area contributed by atoms with Gasteiger partial charge in [-0.25, -0.2) is 9.59 Å². The van der Waals surface area contributed by atoms with E-state index in [0.29, 0.717) is 0 Å². The van der Waals surface area contributed by atoms with Gasteiger partial charge in [-0.15, -0.1) is 0 Å². The number of methoxy groups -OCH3 is 2. The Morgan fingerprint density at radius 2 is 1.43 bits per heavy atom. The highest BCUT2D eigenvalue weighted by Gasteiger charge is 2.30. The van der Waals surface area contributed by atoms with Crippen LogP contribution in [0.15, 0.2) is 60.3 Å². The van der Waals surface area contributed by atoms with Crippen molar-refractivity contribution < 1.29 is 37.0 Å². The van der Waals surface area contributed by atoms with Crippen molar-refractivity contribution in [2.24, 2.45) is 0 Å². The minimum absolute atomic E-state index is 0.00361. The van der Waals surface area contributed by atoms with Gasteiger partial charge in [0.05, 0.1) is 37.2 Å². The fraction of sp³-hybridized carbons (Fsp3) is 0.150. The molecule has 0 saturated carbocycles. The number of para-hydroxylation sites is 2. The molecule has 0 fully saturated rings. The molecular formula is C20H17F3N2O5. The Balaban J connectivity index is 2.26. The Labute approximate surface area is 169 Å². The first kappa shape index (κ1) is 22.5. The summed E-state index contributed by atoms with van der Waals surface area (Å²) >= 11 is 0. The van der Waals surface area contributed by atoms with Crippen molar-refractivity contribution in [1.29, 1.82) is 0 Å². The molecule has 1 amide bonds. The van der Waals surface area contributed by atoms with Crippen molar-refractivity contribution in [3.05, 3.63) is 71.4 Å². The Hall–Kier alpha value is -3.82. The summed E-state index contributed by atoms with van der Waals surface area (Å²) in [5.74, 6) is -2.34. The normalized spacial score (nSPS) is 11.4. The van der Waals surface area contributed by atoms with E-state index in [1.165, 1.54) is 12.1 Å². The standard InChI is InChI=1S/C20H17F3N2O5/c1-29-17(26)11-16(19(28)30-2)24-14-5-3-4-6-15(14)25-18(27)12-7-9-13(10-8-12)20(21,22)23/h3-11,24H,1-2H3,(H,25,27)/b16-11+. The number of anilines is 2. The maximum atomic E-state index is 12.7. The fourth-order valence-electron chi connectivity index (χ4n) is 2.28. The molecule has 10 heteroatoms. The first-order valence-electron chi connectivity index (χ1n) is 8.38. The summed E-state index contributed by atoms with van der Waals surface area (Å²) in [5, 5.41) is 5.21. The van der Waals surface area contributed by atoms with Gasteiger partial charge in [0.25, 0.3) is 5.91 Å². The zero-order valence-electron chi connectivity index (χ0n) is 15.9. The molecule has 2 aromatic rings. The maximum absolute atomic E-state index is 12.7. The van der Waals surface area contributed by atoms with Gasteiger partial charge in [-0.05, 0) is 36.4 Å². The molecule has 158 valence electrons. The lowest BCUT2D eigenvalue weighted by Crippen LogP contribution is -2.18. The number of hydrogen-bond acceptors (Lipinski definition) is 6. The summed E-state index contributed by atoms with van der Waals surface area (Å²) in [4.78, 5) is 35.8. The van der Waals surface area contributed by atoms with E-state index in [4.69, 9.17) is 0 Å². The molecule has 0 aliphatic rings. The highest BCUT2D eigenvalue weighted by molar-refractivity contribution is 6.06. The number of nitrogens with one attached hydrogen (secondary N) is 2. The third-order valence-corrected chi connectivity index (χ3v) is 3.79. The van der Waals surface area contributed by atoms with Crippen LogP contribution >= 0.6 is 0 Å². The summed E-state index contributed by atoms with van der Waals surface area (Å²) in [6.45, 7) is 0. The third-order valence-electron chi connectivity index (χ3n) is 3.79. The predicted molar refractivity (Wildman–Crippen MR) is 102 cm³/mol. The van der Waals surface area contributed by atoms with E-state index < -0.39 is 29.6 Å². The highest BCUT2D eigenvalue weighted by atomic mass is 19.4. The minimum atomic E-state index is -4.51. The first-order valence-corrected chi connectivity index (χ1v) is 8.38. The van der Waals surface area contributed by atoms with Gasteiger partial charge in [0.1, 0.15) is 5.70 Å². The second-order valence-corrected chi connectivity index (χ2v) is 5.77. The molecule has 0 atom stereocenters. The van der Waals surface area contributed by atoms with Crippen LogP contribution in [-0.2, 0) is 25.2 Å². The SMILES string of the molecule is COC(=O)/C=C(/Nc1ccccc1NC(=O)c1ccc(C(F)(F)F)cc1)C(=O)OC. The third kappa shape index (κ3) is 5.84. The molecule has 0 saturated heterocycles. The highest BCUT2D eigenvalue weighted by Crippen LogP contribution is 2.29. The van der Waals surface area contributed by atoms with E-state index >= 15 is 0 Å². The average molecular weight is 422 g/mol. The summed E-state index contributed by atoms with van der Waals surface area (Å²) in [7, 11) is 2.25. The minimum Gasteiger partial charge on any atom is -0.466 e. The van der Waals surface area contributed by atoms with Crippen LogP contribution in [0.25, 0.3) is 0 Å². The summed E-state index contributed by atoms with van der Waals surface area (Å²) in [6, 6.07) is 9.89. The van der Waals surface area contributed by atoms with Crippen molar-refractivity contribution in [3.8, 4) is 0 Å². The zero-order chi connectivity index (χ0) is 22.3. The molecule has 0 aliphatic carbocycles. The van der Waals surface area contributed by atoms with E-state index in [0.717, 1.165) is 44.6 Å².